The van der Waals surface area contributed by atoms with Gasteiger partial charge in [0.25, 0.3) is 0 Å². The van der Waals surface area contributed by atoms with Crippen LogP contribution in [-0.4, -0.2) is 42.0 Å². The molecule has 10 nitrogen and oxygen atoms in total. The number of hydrogen-bond acceptors (Lipinski definition) is 9. The summed E-state index contributed by atoms with van der Waals surface area (Å²) in [6.07, 6.45) is 9.37. The Bertz CT molecular complexity index is 2270. The minimum atomic E-state index is -2.13. The summed E-state index contributed by atoms with van der Waals surface area (Å²) in [6, 6.07) is 21.3. The van der Waals surface area contributed by atoms with Crippen LogP contribution < -0.4 is 8.37 Å². The first-order chi connectivity index (χ1) is 29.9. The van der Waals surface area contributed by atoms with Crippen molar-refractivity contribution in [1.82, 2.24) is 15.0 Å². The molecule has 0 radical (unpaired) electrons. The number of unbranched alkanes of at least 4 members (excludes halogenated alkanes) is 5. The van der Waals surface area contributed by atoms with Crippen molar-refractivity contribution in [3.8, 4) is 28.7 Å². The highest BCUT2D eigenvalue weighted by Crippen LogP contribution is 2.46. The summed E-state index contributed by atoms with van der Waals surface area (Å²) >= 11 is 4.02. The van der Waals surface area contributed by atoms with Crippen LogP contribution in [0.1, 0.15) is 156 Å². The van der Waals surface area contributed by atoms with Crippen LogP contribution in [0.3, 0.4) is 0 Å². The predicted octanol–water partition coefficient (Wildman–Crippen LogP) is 13.8. The van der Waals surface area contributed by atoms with Crippen molar-refractivity contribution in [2.45, 2.75) is 158 Å². The van der Waals surface area contributed by atoms with Crippen molar-refractivity contribution in [2.75, 3.05) is 6.61 Å². The number of benzene rings is 4. The zero-order chi connectivity index (χ0) is 47.5. The van der Waals surface area contributed by atoms with E-state index in [1.54, 1.807) is 54.6 Å². The first-order valence-electron chi connectivity index (χ1n) is 22.6. The number of aromatic hydroxyl groups is 2. The molecule has 1 atom stereocenters. The lowest BCUT2D eigenvalue weighted by Gasteiger charge is -2.36. The van der Waals surface area contributed by atoms with Crippen LogP contribution in [0.4, 0.5) is 0 Å². The summed E-state index contributed by atoms with van der Waals surface area (Å²) in [4.78, 5) is 13.8. The number of ether oxygens (including phenoxy) is 1. The molecule has 1 heterocycles. The Hall–Kier alpha value is -4.61. The maximum absolute atomic E-state index is 12.8. The van der Waals surface area contributed by atoms with Crippen LogP contribution in [0.5, 0.6) is 23.0 Å². The molecule has 0 saturated heterocycles. The quantitative estimate of drug-likeness (QED) is 0.0472. The van der Waals surface area contributed by atoms with E-state index < -0.39 is 11.4 Å². The first-order valence-corrected chi connectivity index (χ1v) is 24.0. The molecule has 0 spiro atoms. The number of para-hydroxylation sites is 1. The van der Waals surface area contributed by atoms with Gasteiger partial charge in [-0.1, -0.05) is 144 Å². The molecule has 0 fully saturated rings. The van der Waals surface area contributed by atoms with Crippen molar-refractivity contribution in [2.24, 2.45) is 10.8 Å². The number of aryl methyl sites for hydroxylation is 2. The fourth-order valence-electron chi connectivity index (χ4n) is 8.75. The van der Waals surface area contributed by atoms with E-state index in [1.165, 1.54) is 30.5 Å². The number of hydrogen-bond donors (Lipinski definition) is 2. The number of phenolic OH excluding ortho intramolecular Hbond substituents is 2. The molecule has 0 aliphatic heterocycles. The number of carbonyl (C=O) groups excluding carboxylic acids is 1. The van der Waals surface area contributed by atoms with E-state index in [4.69, 9.17) is 24.7 Å². The summed E-state index contributed by atoms with van der Waals surface area (Å²) in [6.45, 7) is 26.2. The molecule has 1 unspecified atom stereocenters. The average Bonchev–Trinajstić information content (AvgIpc) is 3.60. The van der Waals surface area contributed by atoms with Gasteiger partial charge in [0.1, 0.15) is 34.0 Å². The Morgan fingerprint density at radius 3 is 1.86 bits per heavy atom. The second kappa shape index (κ2) is 22.5. The lowest BCUT2D eigenvalue weighted by atomic mass is 9.69. The topological polar surface area (TPSA) is 133 Å². The molecule has 0 aliphatic carbocycles. The highest BCUT2D eigenvalue weighted by molar-refractivity contribution is 7.76. The largest absolute Gasteiger partial charge is 0.508 e. The molecule has 5 aromatic rings. The summed E-state index contributed by atoms with van der Waals surface area (Å²) in [5, 5.41) is 31.1. The second-order valence-electron chi connectivity index (χ2n) is 20.7. The van der Waals surface area contributed by atoms with Crippen LogP contribution >= 0.6 is 11.6 Å². The Labute approximate surface area is 389 Å². The number of fused-ring (bicyclic) bond motifs is 1. The van der Waals surface area contributed by atoms with E-state index in [1.807, 2.05) is 25.1 Å². The smallest absolute Gasteiger partial charge is 0.417 e. The Kier molecular flexibility index (Phi) is 18.3. The number of halogens is 1. The van der Waals surface area contributed by atoms with Gasteiger partial charge in [-0.15, -0.1) is 15.0 Å². The van der Waals surface area contributed by atoms with E-state index in [2.05, 4.69) is 86.4 Å². The molecule has 0 bridgehead atoms. The number of carbonyl (C=O) groups is 1. The second-order valence-corrected chi connectivity index (χ2v) is 21.9. The van der Waals surface area contributed by atoms with Gasteiger partial charge in [0, 0.05) is 22.6 Å². The van der Waals surface area contributed by atoms with Gasteiger partial charge in [-0.05, 0) is 114 Å². The molecule has 2 N–H and O–H groups in total. The minimum absolute atomic E-state index is 0.149. The van der Waals surface area contributed by atoms with E-state index >= 15 is 0 Å². The Morgan fingerprint density at radius 2 is 1.28 bits per heavy atom. The summed E-state index contributed by atoms with van der Waals surface area (Å²) in [7, 11) is 0. The molecular formula is C52H72ClN3O7S. The highest BCUT2D eigenvalue weighted by Gasteiger charge is 2.34. The fraction of sp³-hybridized carbons (Fsp3) is 0.519. The highest BCUT2D eigenvalue weighted by atomic mass is 35.5. The van der Waals surface area contributed by atoms with Crippen LogP contribution in [0.2, 0.25) is 5.02 Å². The van der Waals surface area contributed by atoms with Crippen molar-refractivity contribution in [1.29, 1.82) is 0 Å². The summed E-state index contributed by atoms with van der Waals surface area (Å²) in [5.41, 5.74) is 4.80. The van der Waals surface area contributed by atoms with Crippen LogP contribution in [-0.2, 0) is 38.1 Å². The van der Waals surface area contributed by atoms with Gasteiger partial charge in [0.15, 0.2) is 5.75 Å². The molecule has 4 aromatic carbocycles. The van der Waals surface area contributed by atoms with E-state index in [-0.39, 0.29) is 34.1 Å². The third kappa shape index (κ3) is 16.1. The van der Waals surface area contributed by atoms with Crippen molar-refractivity contribution in [3.05, 3.63) is 100 Å². The maximum Gasteiger partial charge on any atom is 0.417 e. The SMILES string of the molecule is CC(C)(C)CC(C)(C)c1cc(O)c(C(C)(C)CC(C)(C)C)cc1O.CCCCCCCCOC(=O)CCc1cc(C)c(OS(=O)Oc2ccccc2)c(-n2nc3ccc(Cl)cc3n2)c1. The molecule has 5 rings (SSSR count). The molecule has 350 valence electrons. The van der Waals surface area contributed by atoms with E-state index in [0.29, 0.717) is 63.3 Å². The standard InChI is InChI=1S/C30H34ClN3O5S.C22H38O2/c1-3-4-5-6-7-11-18-37-29(35)17-14-23-19-22(2)30(39-40(36)38-25-12-9-8-10-13-25)28(20-23)34-32-26-16-15-24(31)21-27(26)33-34;1-19(2,3)13-21(7,8)15-11-18(24)16(12-17(15)23)22(9,10)14-20(4,5)6/h8-10,12-13,15-16,19-21H,3-7,11,14,17-18H2,1-2H3;11-12,23-24H,13-14H2,1-10H3. The van der Waals surface area contributed by atoms with Gasteiger partial charge >= 0.3 is 17.3 Å². The minimum Gasteiger partial charge on any atom is -0.508 e. The fourth-order valence-corrected chi connectivity index (χ4v) is 9.58. The maximum atomic E-state index is 12.8. The normalized spacial score (nSPS) is 12.7. The van der Waals surface area contributed by atoms with Crippen molar-refractivity contribution < 1.29 is 32.3 Å². The average molecular weight is 919 g/mol. The van der Waals surface area contributed by atoms with Crippen molar-refractivity contribution in [3.63, 3.8) is 0 Å². The zero-order valence-electron chi connectivity index (χ0n) is 40.3. The molecule has 0 saturated carbocycles. The molecule has 1 aromatic heterocycles. The number of rotatable bonds is 19. The van der Waals surface area contributed by atoms with Gasteiger partial charge < -0.3 is 23.3 Å². The van der Waals surface area contributed by atoms with Gasteiger partial charge in [-0.2, -0.15) is 4.21 Å². The molecule has 0 aliphatic rings. The number of phenols is 2. The number of esters is 1. The van der Waals surface area contributed by atoms with Crippen LogP contribution in [0.25, 0.3) is 16.7 Å². The molecule has 12 heteroatoms. The third-order valence-corrected chi connectivity index (χ3v) is 11.7. The van der Waals surface area contributed by atoms with E-state index in [0.717, 1.165) is 42.4 Å². The lowest BCUT2D eigenvalue weighted by Crippen LogP contribution is -2.27. The third-order valence-electron chi connectivity index (χ3n) is 10.8. The molecular weight excluding hydrogens is 846 g/mol. The zero-order valence-corrected chi connectivity index (χ0v) is 41.8. The van der Waals surface area contributed by atoms with Gasteiger partial charge in [0.2, 0.25) is 0 Å². The van der Waals surface area contributed by atoms with Gasteiger partial charge in [0.05, 0.1) is 6.61 Å². The Balaban J connectivity index is 0.000000320. The first kappa shape index (κ1) is 52.0. The van der Waals surface area contributed by atoms with Gasteiger partial charge in [-0.3, -0.25) is 4.79 Å². The van der Waals surface area contributed by atoms with E-state index in [9.17, 15) is 19.2 Å². The van der Waals surface area contributed by atoms with Crippen LogP contribution in [0, 0.1) is 17.8 Å². The monoisotopic (exact) mass is 917 g/mol. The lowest BCUT2D eigenvalue weighted by molar-refractivity contribution is -0.143. The number of nitrogens with zero attached hydrogens (tertiary/aromatic N) is 3. The van der Waals surface area contributed by atoms with Crippen LogP contribution in [0.15, 0.2) is 72.8 Å². The molecule has 0 amide bonds. The Morgan fingerprint density at radius 1 is 0.719 bits per heavy atom. The predicted molar refractivity (Wildman–Crippen MR) is 261 cm³/mol. The number of aromatic nitrogens is 3. The molecule has 64 heavy (non-hydrogen) atoms. The van der Waals surface area contributed by atoms with Crippen molar-refractivity contribution >= 4 is 40.0 Å². The van der Waals surface area contributed by atoms with Gasteiger partial charge in [-0.25, -0.2) is 0 Å². The summed E-state index contributed by atoms with van der Waals surface area (Å²) < 4.78 is 29.4. The summed E-state index contributed by atoms with van der Waals surface area (Å²) in [5.74, 6) is 1.06.